The highest BCUT2D eigenvalue weighted by Gasteiger charge is 2.41. The van der Waals surface area contributed by atoms with Gasteiger partial charge in [0, 0.05) is 31.4 Å². The standard InChI is InChI=1S/C22H17F3N6O4/c23-22(24,25)18-16(9-27-31(18)17-3-1-2-8-26-17)20-28-19(29-35-20)14-6-4-13(5-7-14)10-30-11-15(12-30)34-21(32)33/h1-9,15H,10-12H2,(H,32,33). The van der Waals surface area contributed by atoms with Crippen molar-refractivity contribution in [3.63, 3.8) is 0 Å². The van der Waals surface area contributed by atoms with Gasteiger partial charge < -0.3 is 14.4 Å². The molecule has 1 fully saturated rings. The first kappa shape index (κ1) is 22.5. The van der Waals surface area contributed by atoms with E-state index in [2.05, 4.69) is 20.2 Å². The van der Waals surface area contributed by atoms with Crippen molar-refractivity contribution in [2.24, 2.45) is 0 Å². The maximum Gasteiger partial charge on any atom is 0.506 e. The van der Waals surface area contributed by atoms with E-state index in [0.29, 0.717) is 29.9 Å². The SMILES string of the molecule is O=C(O)OC1CN(Cc2ccc(-c3noc(-c4cnn(-c5ccccn5)c4C(F)(F)F)n3)cc2)C1. The van der Waals surface area contributed by atoms with Crippen LogP contribution in [0.25, 0.3) is 28.7 Å². The number of ether oxygens (including phenoxy) is 1. The zero-order valence-electron chi connectivity index (χ0n) is 17.9. The Morgan fingerprint density at radius 1 is 1.17 bits per heavy atom. The van der Waals surface area contributed by atoms with Gasteiger partial charge >= 0.3 is 12.3 Å². The zero-order chi connectivity index (χ0) is 24.6. The van der Waals surface area contributed by atoms with E-state index in [9.17, 15) is 18.0 Å². The van der Waals surface area contributed by atoms with Crippen molar-refractivity contribution >= 4 is 6.16 Å². The molecule has 13 heteroatoms. The number of rotatable bonds is 6. The Morgan fingerprint density at radius 2 is 1.94 bits per heavy atom. The van der Waals surface area contributed by atoms with Crippen molar-refractivity contribution in [1.82, 2.24) is 29.8 Å². The van der Waals surface area contributed by atoms with Gasteiger partial charge in [0.05, 0.1) is 11.8 Å². The van der Waals surface area contributed by atoms with E-state index in [1.807, 2.05) is 17.0 Å². The van der Waals surface area contributed by atoms with Gasteiger partial charge in [0.15, 0.2) is 11.5 Å². The number of alkyl halides is 3. The van der Waals surface area contributed by atoms with Crippen LogP contribution in [0.2, 0.25) is 0 Å². The van der Waals surface area contributed by atoms with E-state index < -0.39 is 18.0 Å². The van der Waals surface area contributed by atoms with E-state index >= 15 is 0 Å². The second-order valence-corrected chi connectivity index (χ2v) is 7.82. The van der Waals surface area contributed by atoms with E-state index in [-0.39, 0.29) is 29.2 Å². The fourth-order valence-corrected chi connectivity index (χ4v) is 3.77. The van der Waals surface area contributed by atoms with Crippen molar-refractivity contribution in [3.8, 4) is 28.7 Å². The molecule has 1 aliphatic heterocycles. The van der Waals surface area contributed by atoms with Crippen molar-refractivity contribution in [3.05, 3.63) is 66.1 Å². The molecular weight excluding hydrogens is 469 g/mol. The quantitative estimate of drug-likeness (QED) is 0.405. The monoisotopic (exact) mass is 486 g/mol. The fourth-order valence-electron chi connectivity index (χ4n) is 3.77. The molecule has 4 aromatic rings. The lowest BCUT2D eigenvalue weighted by Gasteiger charge is -2.37. The summed E-state index contributed by atoms with van der Waals surface area (Å²) in [5.74, 6) is -0.183. The number of likely N-dealkylation sites (tertiary alicyclic amines) is 1. The second-order valence-electron chi connectivity index (χ2n) is 7.82. The molecule has 0 unspecified atom stereocenters. The minimum absolute atomic E-state index is 0.00412. The van der Waals surface area contributed by atoms with Gasteiger partial charge in [-0.2, -0.15) is 23.3 Å². The summed E-state index contributed by atoms with van der Waals surface area (Å²) in [7, 11) is 0. The summed E-state index contributed by atoms with van der Waals surface area (Å²) >= 11 is 0. The third kappa shape index (κ3) is 4.71. The molecule has 3 aromatic heterocycles. The van der Waals surface area contributed by atoms with Crippen LogP contribution in [0.1, 0.15) is 11.3 Å². The molecule has 0 spiro atoms. The molecular formula is C22H17F3N6O4. The summed E-state index contributed by atoms with van der Waals surface area (Å²) in [6, 6.07) is 11.7. The number of nitrogens with zero attached hydrogens (tertiary/aromatic N) is 6. The number of carbonyl (C=O) groups is 1. The molecule has 0 atom stereocenters. The molecule has 0 bridgehead atoms. The van der Waals surface area contributed by atoms with Gasteiger partial charge in [-0.1, -0.05) is 35.5 Å². The normalized spacial score (nSPS) is 14.6. The first-order valence-electron chi connectivity index (χ1n) is 10.4. The lowest BCUT2D eigenvalue weighted by atomic mass is 10.1. The highest BCUT2D eigenvalue weighted by Crippen LogP contribution is 2.38. The third-order valence-corrected chi connectivity index (χ3v) is 5.37. The fraction of sp³-hybridized carbons (Fsp3) is 0.227. The number of hydrogen-bond donors (Lipinski definition) is 1. The topological polar surface area (TPSA) is 119 Å². The Hall–Kier alpha value is -4.26. The molecule has 10 nitrogen and oxygen atoms in total. The summed E-state index contributed by atoms with van der Waals surface area (Å²) in [5.41, 5.74) is 0.100. The lowest BCUT2D eigenvalue weighted by Crippen LogP contribution is -2.52. The minimum atomic E-state index is -4.75. The average molecular weight is 486 g/mol. The maximum absolute atomic E-state index is 13.9. The van der Waals surface area contributed by atoms with Gasteiger partial charge in [-0.15, -0.1) is 0 Å². The van der Waals surface area contributed by atoms with Gasteiger partial charge in [0.2, 0.25) is 5.82 Å². The molecule has 1 saturated heterocycles. The maximum atomic E-state index is 13.9. The molecule has 0 radical (unpaired) electrons. The molecule has 1 aliphatic rings. The van der Waals surface area contributed by atoms with Gasteiger partial charge in [0.25, 0.3) is 5.89 Å². The zero-order valence-corrected chi connectivity index (χ0v) is 17.9. The number of aromatic nitrogens is 5. The van der Waals surface area contributed by atoms with Gasteiger partial charge in [-0.05, 0) is 17.7 Å². The predicted octanol–water partition coefficient (Wildman–Crippen LogP) is 3.88. The van der Waals surface area contributed by atoms with Crippen LogP contribution in [0.3, 0.4) is 0 Å². The molecule has 0 aliphatic carbocycles. The van der Waals surface area contributed by atoms with Crippen LogP contribution in [-0.4, -0.2) is 60.3 Å². The van der Waals surface area contributed by atoms with E-state index in [1.54, 1.807) is 24.3 Å². The van der Waals surface area contributed by atoms with Crippen LogP contribution in [-0.2, 0) is 17.5 Å². The molecule has 35 heavy (non-hydrogen) atoms. The predicted molar refractivity (Wildman–Crippen MR) is 113 cm³/mol. The van der Waals surface area contributed by atoms with Crippen molar-refractivity contribution in [2.75, 3.05) is 13.1 Å². The van der Waals surface area contributed by atoms with Crippen LogP contribution in [0.15, 0.2) is 59.4 Å². The Labute approximate surface area is 195 Å². The van der Waals surface area contributed by atoms with Crippen molar-refractivity contribution in [2.45, 2.75) is 18.8 Å². The molecule has 5 rings (SSSR count). The van der Waals surface area contributed by atoms with E-state index in [1.165, 1.54) is 12.3 Å². The lowest BCUT2D eigenvalue weighted by molar-refractivity contribution is -0.142. The summed E-state index contributed by atoms with van der Waals surface area (Å²) in [5, 5.41) is 16.3. The number of benzene rings is 1. The molecule has 0 amide bonds. The highest BCUT2D eigenvalue weighted by atomic mass is 19.4. The Kier molecular flexibility index (Phi) is 5.68. The Balaban J connectivity index is 1.34. The van der Waals surface area contributed by atoms with Crippen molar-refractivity contribution in [1.29, 1.82) is 0 Å². The first-order chi connectivity index (χ1) is 16.8. The van der Waals surface area contributed by atoms with E-state index in [0.717, 1.165) is 11.8 Å². The summed E-state index contributed by atoms with van der Waals surface area (Å²) in [6.45, 7) is 1.62. The van der Waals surface area contributed by atoms with Crippen molar-refractivity contribution < 1.29 is 32.3 Å². The molecule has 1 aromatic carbocycles. The number of hydrogen-bond acceptors (Lipinski definition) is 8. The van der Waals surface area contributed by atoms with Crippen LogP contribution >= 0.6 is 0 Å². The summed E-state index contributed by atoms with van der Waals surface area (Å²) in [6.07, 6.45) is -3.97. The minimum Gasteiger partial charge on any atom is -0.450 e. The van der Waals surface area contributed by atoms with Gasteiger partial charge in [-0.25, -0.2) is 14.5 Å². The second kappa shape index (κ2) is 8.83. The molecule has 4 heterocycles. The third-order valence-electron chi connectivity index (χ3n) is 5.37. The van der Waals surface area contributed by atoms with Gasteiger partial charge in [0.1, 0.15) is 6.10 Å². The molecule has 180 valence electrons. The number of carboxylic acid groups (broad SMARTS) is 1. The summed E-state index contributed by atoms with van der Waals surface area (Å²) < 4.78 is 52.2. The van der Waals surface area contributed by atoms with E-state index in [4.69, 9.17) is 14.4 Å². The molecule has 1 N–H and O–H groups in total. The van der Waals surface area contributed by atoms with Crippen LogP contribution < -0.4 is 0 Å². The first-order valence-corrected chi connectivity index (χ1v) is 10.4. The largest absolute Gasteiger partial charge is 0.506 e. The number of halogens is 3. The van der Waals surface area contributed by atoms with Crippen LogP contribution in [0.5, 0.6) is 0 Å². The van der Waals surface area contributed by atoms with Gasteiger partial charge in [-0.3, -0.25) is 4.90 Å². The Morgan fingerprint density at radius 3 is 2.60 bits per heavy atom. The average Bonchev–Trinajstić information content (AvgIpc) is 3.46. The Bertz CT molecular complexity index is 1330. The summed E-state index contributed by atoms with van der Waals surface area (Å²) in [4.78, 5) is 20.7. The van der Waals surface area contributed by atoms with Crippen LogP contribution in [0.4, 0.5) is 18.0 Å². The van der Waals surface area contributed by atoms with Crippen LogP contribution in [0, 0.1) is 0 Å². The number of pyridine rings is 1. The highest BCUT2D eigenvalue weighted by molar-refractivity contribution is 5.62. The smallest absolute Gasteiger partial charge is 0.450 e. The molecule has 0 saturated carbocycles.